The summed E-state index contributed by atoms with van der Waals surface area (Å²) in [6, 6.07) is 5.93. The minimum absolute atomic E-state index is 0.00191. The lowest BCUT2D eigenvalue weighted by molar-refractivity contribution is -0.129. The molecule has 1 aliphatic rings. The van der Waals surface area contributed by atoms with Gasteiger partial charge in [0.1, 0.15) is 22.4 Å². The van der Waals surface area contributed by atoms with Gasteiger partial charge in [-0.05, 0) is 43.9 Å². The molecule has 2 bridgehead atoms. The fourth-order valence-electron chi connectivity index (χ4n) is 5.91. The number of benzene rings is 1. The van der Waals surface area contributed by atoms with Crippen molar-refractivity contribution in [2.24, 2.45) is 0 Å². The van der Waals surface area contributed by atoms with Crippen molar-refractivity contribution in [1.29, 1.82) is 0 Å². The highest BCUT2D eigenvalue weighted by atomic mass is 19.1. The predicted octanol–water partition coefficient (Wildman–Crippen LogP) is 5.01. The third kappa shape index (κ3) is 4.06. The molecular formula is C30H27F2N5O4. The van der Waals surface area contributed by atoms with Gasteiger partial charge in [-0.2, -0.15) is 0 Å². The molecule has 5 heterocycles. The van der Waals surface area contributed by atoms with E-state index in [1.807, 2.05) is 20.8 Å². The Hall–Kier alpha value is -4.67. The molecule has 0 N–H and O–H groups in total. The van der Waals surface area contributed by atoms with E-state index in [1.54, 1.807) is 4.90 Å². The van der Waals surface area contributed by atoms with Crippen LogP contribution in [0.15, 0.2) is 63.2 Å². The summed E-state index contributed by atoms with van der Waals surface area (Å²) in [6.07, 6.45) is 3.43. The summed E-state index contributed by atoms with van der Waals surface area (Å²) in [5, 5.41) is -0.204. The Kier molecular flexibility index (Phi) is 6.32. The van der Waals surface area contributed by atoms with Crippen LogP contribution < -0.4 is 11.1 Å². The maximum Gasteiger partial charge on any atom is 0.322 e. The molecule has 6 rings (SSSR count). The summed E-state index contributed by atoms with van der Waals surface area (Å²) in [7, 11) is 0. The van der Waals surface area contributed by atoms with Gasteiger partial charge < -0.3 is 9.32 Å². The molecule has 41 heavy (non-hydrogen) atoms. The molecule has 1 amide bonds. The second-order valence-corrected chi connectivity index (χ2v) is 10.7. The first-order chi connectivity index (χ1) is 19.6. The standard InChI is InChI=1S/C30H27F2N5O4/c1-5-23(38)35-12-10-17(13-16(35)4)36-20-14-19(32)26-24-18(31)7-6-8-21(24)41-22-9-11-33-25(15(2)3)27(22)37(28(20)34-26)30(40)29(36)39/h5-9,11,14-17H,1,10,12-13H2,2-4H3/t16-,17?/m1/s1. The van der Waals surface area contributed by atoms with Crippen LogP contribution in [0, 0.1) is 11.6 Å². The monoisotopic (exact) mass is 559 g/mol. The van der Waals surface area contributed by atoms with Crippen molar-refractivity contribution in [3.63, 3.8) is 0 Å². The second-order valence-electron chi connectivity index (χ2n) is 10.7. The maximum absolute atomic E-state index is 15.9. The molecule has 5 aromatic rings. The first-order valence-corrected chi connectivity index (χ1v) is 13.4. The van der Waals surface area contributed by atoms with Crippen LogP contribution in [-0.4, -0.2) is 42.3 Å². The molecule has 1 saturated heterocycles. The Morgan fingerprint density at radius 3 is 2.63 bits per heavy atom. The second kappa shape index (κ2) is 9.76. The number of rotatable bonds is 3. The third-order valence-corrected chi connectivity index (χ3v) is 7.80. The van der Waals surface area contributed by atoms with Gasteiger partial charge in [-0.25, -0.2) is 18.2 Å². The van der Waals surface area contributed by atoms with Gasteiger partial charge in [0.25, 0.3) is 0 Å². The van der Waals surface area contributed by atoms with Gasteiger partial charge in [0, 0.05) is 37.0 Å². The lowest BCUT2D eigenvalue weighted by Crippen LogP contribution is -2.48. The zero-order valence-electron chi connectivity index (χ0n) is 22.7. The van der Waals surface area contributed by atoms with Gasteiger partial charge in [-0.3, -0.25) is 23.9 Å². The number of nitrogens with zero attached hydrogens (tertiary/aromatic N) is 5. The van der Waals surface area contributed by atoms with E-state index in [2.05, 4.69) is 16.5 Å². The van der Waals surface area contributed by atoms with Gasteiger partial charge in [0.05, 0.1) is 16.6 Å². The molecule has 0 saturated carbocycles. The Morgan fingerprint density at radius 1 is 1.15 bits per heavy atom. The molecule has 1 aliphatic heterocycles. The predicted molar refractivity (Wildman–Crippen MR) is 151 cm³/mol. The molecule has 0 spiro atoms. The van der Waals surface area contributed by atoms with Crippen LogP contribution in [0.25, 0.3) is 38.7 Å². The minimum atomic E-state index is -0.925. The maximum atomic E-state index is 15.9. The van der Waals surface area contributed by atoms with Crippen molar-refractivity contribution in [2.75, 3.05) is 6.54 Å². The number of pyridine rings is 2. The number of likely N-dealkylation sites (tertiary alicyclic amines) is 1. The molecule has 1 unspecified atom stereocenters. The van der Waals surface area contributed by atoms with E-state index in [0.29, 0.717) is 25.1 Å². The third-order valence-electron chi connectivity index (χ3n) is 7.80. The van der Waals surface area contributed by atoms with Gasteiger partial charge >= 0.3 is 11.1 Å². The fourth-order valence-corrected chi connectivity index (χ4v) is 5.91. The normalized spacial score (nSPS) is 17.7. The van der Waals surface area contributed by atoms with Gasteiger partial charge in [0.15, 0.2) is 17.0 Å². The number of carbonyl (C=O) groups excluding carboxylic acids is 1. The summed E-state index contributed by atoms with van der Waals surface area (Å²) >= 11 is 0. The SMILES string of the molecule is C=CC(=O)N1CCC(n2c(=O)c(=O)n3c4nc(c(F)cc42)c2c(F)cccc2oc2ccnc(C(C)C)c23)C[C@H]1C. The summed E-state index contributed by atoms with van der Waals surface area (Å²) in [5.41, 5.74) is -1.34. The zero-order valence-corrected chi connectivity index (χ0v) is 22.7. The summed E-state index contributed by atoms with van der Waals surface area (Å²) in [6.45, 7) is 9.45. The number of amides is 1. The number of aromatic nitrogens is 4. The van der Waals surface area contributed by atoms with Crippen molar-refractivity contribution in [3.8, 4) is 0 Å². The first-order valence-electron chi connectivity index (χ1n) is 13.4. The zero-order chi connectivity index (χ0) is 29.2. The first kappa shape index (κ1) is 26.5. The molecule has 9 nitrogen and oxygen atoms in total. The highest BCUT2D eigenvalue weighted by Gasteiger charge is 2.31. The van der Waals surface area contributed by atoms with Crippen LogP contribution in [0.3, 0.4) is 0 Å². The molecule has 4 aromatic heterocycles. The van der Waals surface area contributed by atoms with E-state index in [1.165, 1.54) is 41.1 Å². The van der Waals surface area contributed by atoms with Crippen molar-refractivity contribution < 1.29 is 18.0 Å². The Bertz CT molecular complexity index is 2060. The molecule has 0 radical (unpaired) electrons. The van der Waals surface area contributed by atoms with Crippen molar-refractivity contribution in [3.05, 3.63) is 87.2 Å². The Labute approximate surface area is 232 Å². The van der Waals surface area contributed by atoms with Crippen LogP contribution in [0.1, 0.15) is 51.3 Å². The summed E-state index contributed by atoms with van der Waals surface area (Å²) in [4.78, 5) is 50.8. The van der Waals surface area contributed by atoms with Crippen LogP contribution in [0.5, 0.6) is 0 Å². The number of fused-ring (bicyclic) bond motifs is 5. The molecule has 1 fully saturated rings. The lowest BCUT2D eigenvalue weighted by Gasteiger charge is -2.38. The van der Waals surface area contributed by atoms with E-state index < -0.39 is 28.8 Å². The van der Waals surface area contributed by atoms with Crippen LogP contribution in [-0.2, 0) is 4.79 Å². The van der Waals surface area contributed by atoms with Crippen LogP contribution >= 0.6 is 0 Å². The van der Waals surface area contributed by atoms with Crippen LogP contribution in [0.2, 0.25) is 0 Å². The van der Waals surface area contributed by atoms with E-state index in [0.717, 1.165) is 10.5 Å². The topological polar surface area (TPSA) is 103 Å². The van der Waals surface area contributed by atoms with Crippen molar-refractivity contribution in [2.45, 2.75) is 51.6 Å². The molecule has 1 aromatic carbocycles. The number of piperidine rings is 1. The van der Waals surface area contributed by atoms with E-state index in [4.69, 9.17) is 4.42 Å². The van der Waals surface area contributed by atoms with E-state index >= 15 is 8.78 Å². The van der Waals surface area contributed by atoms with Crippen molar-refractivity contribution in [1.82, 2.24) is 23.8 Å². The summed E-state index contributed by atoms with van der Waals surface area (Å²) in [5.74, 6) is -2.08. The minimum Gasteiger partial charge on any atom is -0.454 e. The molecule has 210 valence electrons. The lowest BCUT2D eigenvalue weighted by atomic mass is 9.97. The molecule has 2 atom stereocenters. The van der Waals surface area contributed by atoms with E-state index in [9.17, 15) is 14.4 Å². The average Bonchev–Trinajstić information content (AvgIpc) is 2.99. The van der Waals surface area contributed by atoms with Crippen LogP contribution in [0.4, 0.5) is 8.78 Å². The van der Waals surface area contributed by atoms with Gasteiger partial charge in [0.2, 0.25) is 5.91 Å². The highest BCUT2D eigenvalue weighted by molar-refractivity contribution is 5.96. The molecular weight excluding hydrogens is 532 g/mol. The fraction of sp³-hybridized carbons (Fsp3) is 0.300. The smallest absolute Gasteiger partial charge is 0.322 e. The quantitative estimate of drug-likeness (QED) is 0.228. The average molecular weight is 560 g/mol. The number of hydrogen-bond donors (Lipinski definition) is 0. The van der Waals surface area contributed by atoms with Gasteiger partial charge in [-0.1, -0.05) is 26.5 Å². The number of halogens is 2. The van der Waals surface area contributed by atoms with Gasteiger partial charge in [-0.15, -0.1) is 0 Å². The number of hydrogen-bond acceptors (Lipinski definition) is 6. The highest BCUT2D eigenvalue weighted by Crippen LogP contribution is 2.32. The summed E-state index contributed by atoms with van der Waals surface area (Å²) < 4.78 is 39.7. The Morgan fingerprint density at radius 2 is 1.93 bits per heavy atom. The molecule has 11 heteroatoms. The van der Waals surface area contributed by atoms with E-state index in [-0.39, 0.29) is 56.6 Å². The Balaban J connectivity index is 1.82. The van der Waals surface area contributed by atoms with Crippen molar-refractivity contribution >= 4 is 44.7 Å². The number of carbonyl (C=O) groups is 1. The molecule has 0 aliphatic carbocycles. The largest absolute Gasteiger partial charge is 0.454 e.